The molecule has 1 aliphatic heterocycles. The maximum absolute atomic E-state index is 12.5. The summed E-state index contributed by atoms with van der Waals surface area (Å²) in [5, 5.41) is 9.45. The van der Waals surface area contributed by atoms with Crippen molar-refractivity contribution in [3.05, 3.63) is 30.3 Å². The molecule has 2 heterocycles. The zero-order valence-electron chi connectivity index (χ0n) is 15.2. The van der Waals surface area contributed by atoms with Crippen molar-refractivity contribution in [3.8, 4) is 0 Å². The van der Waals surface area contributed by atoms with Gasteiger partial charge in [0.05, 0.1) is 5.75 Å². The van der Waals surface area contributed by atoms with Crippen LogP contribution in [0.5, 0.6) is 0 Å². The highest BCUT2D eigenvalue weighted by Gasteiger charge is 2.27. The van der Waals surface area contributed by atoms with Crippen LogP contribution < -0.4 is 4.90 Å². The molecule has 7 heteroatoms. The van der Waals surface area contributed by atoms with Crippen LogP contribution in [0.1, 0.15) is 27.7 Å². The minimum absolute atomic E-state index is 0.144. The number of benzene rings is 1. The van der Waals surface area contributed by atoms with Gasteiger partial charge in [-0.05, 0) is 39.8 Å². The van der Waals surface area contributed by atoms with E-state index in [2.05, 4.69) is 59.5 Å². The van der Waals surface area contributed by atoms with Gasteiger partial charge in [-0.25, -0.2) is 0 Å². The normalized spacial score (nSPS) is 13.6. The number of aromatic nitrogens is 3. The standard InChI is InChI=1S/C18H25N5OS/c1-13(2)23(14(3)4)16(24)12-25-18-20-19-17-21(10-11-22(17)18)15-8-6-5-7-9-15/h5-9,13-14H,10-12H2,1-4H3. The topological polar surface area (TPSA) is 54.3 Å². The van der Waals surface area contributed by atoms with E-state index in [0.29, 0.717) is 5.75 Å². The summed E-state index contributed by atoms with van der Waals surface area (Å²) in [7, 11) is 0. The minimum atomic E-state index is 0.144. The minimum Gasteiger partial charge on any atom is -0.337 e. The number of hydrogen-bond donors (Lipinski definition) is 0. The number of amides is 1. The van der Waals surface area contributed by atoms with Crippen molar-refractivity contribution < 1.29 is 4.79 Å². The lowest BCUT2D eigenvalue weighted by Gasteiger charge is -2.30. The Morgan fingerprint density at radius 1 is 1.12 bits per heavy atom. The van der Waals surface area contributed by atoms with Crippen LogP contribution in [0.15, 0.2) is 35.5 Å². The molecule has 0 atom stereocenters. The smallest absolute Gasteiger partial charge is 0.233 e. The highest BCUT2D eigenvalue weighted by atomic mass is 32.2. The van der Waals surface area contributed by atoms with Gasteiger partial charge in [0.1, 0.15) is 0 Å². The lowest BCUT2D eigenvalue weighted by molar-refractivity contribution is -0.131. The molecule has 0 unspecified atom stereocenters. The number of anilines is 2. The summed E-state index contributed by atoms with van der Waals surface area (Å²) in [6, 6.07) is 10.6. The van der Waals surface area contributed by atoms with Crippen molar-refractivity contribution in [3.63, 3.8) is 0 Å². The fourth-order valence-corrected chi connectivity index (χ4v) is 4.14. The highest BCUT2D eigenvalue weighted by Crippen LogP contribution is 2.31. The summed E-state index contributed by atoms with van der Waals surface area (Å²) in [5.41, 5.74) is 1.12. The maximum atomic E-state index is 12.5. The van der Waals surface area contributed by atoms with E-state index in [-0.39, 0.29) is 18.0 Å². The molecule has 0 N–H and O–H groups in total. The van der Waals surface area contributed by atoms with Crippen LogP contribution in [0.2, 0.25) is 0 Å². The average Bonchev–Trinajstić information content (AvgIpc) is 3.15. The van der Waals surface area contributed by atoms with Crippen LogP contribution in [0.4, 0.5) is 11.6 Å². The van der Waals surface area contributed by atoms with Crippen molar-refractivity contribution in [2.75, 3.05) is 17.2 Å². The van der Waals surface area contributed by atoms with Crippen molar-refractivity contribution in [2.45, 2.75) is 51.5 Å². The Bertz CT molecular complexity index is 720. The Morgan fingerprint density at radius 2 is 1.80 bits per heavy atom. The number of hydrogen-bond acceptors (Lipinski definition) is 5. The maximum Gasteiger partial charge on any atom is 0.233 e. The Morgan fingerprint density at radius 3 is 2.44 bits per heavy atom. The highest BCUT2D eigenvalue weighted by molar-refractivity contribution is 7.99. The first-order valence-electron chi connectivity index (χ1n) is 8.68. The molecular weight excluding hydrogens is 334 g/mol. The molecule has 0 saturated carbocycles. The molecule has 1 aromatic heterocycles. The predicted octanol–water partition coefficient (Wildman–Crippen LogP) is 3.17. The molecule has 0 radical (unpaired) electrons. The van der Waals surface area contributed by atoms with Gasteiger partial charge in [-0.3, -0.25) is 9.36 Å². The molecule has 0 aliphatic carbocycles. The van der Waals surface area contributed by atoms with Gasteiger partial charge in [0.15, 0.2) is 5.16 Å². The van der Waals surface area contributed by atoms with Gasteiger partial charge in [-0.15, -0.1) is 10.2 Å². The Hall–Kier alpha value is -2.02. The van der Waals surface area contributed by atoms with Crippen LogP contribution in [-0.4, -0.2) is 50.0 Å². The van der Waals surface area contributed by atoms with Crippen molar-refractivity contribution in [1.82, 2.24) is 19.7 Å². The summed E-state index contributed by atoms with van der Waals surface area (Å²) in [4.78, 5) is 16.6. The third-order valence-corrected chi connectivity index (χ3v) is 5.23. The molecule has 1 amide bonds. The molecule has 3 rings (SSSR count). The summed E-state index contributed by atoms with van der Waals surface area (Å²) >= 11 is 1.47. The number of rotatable bonds is 6. The van der Waals surface area contributed by atoms with Gasteiger partial charge in [-0.2, -0.15) is 0 Å². The molecule has 1 aromatic carbocycles. The summed E-state index contributed by atoms with van der Waals surface area (Å²) < 4.78 is 2.10. The van der Waals surface area contributed by atoms with Crippen molar-refractivity contribution in [2.24, 2.45) is 0 Å². The first-order chi connectivity index (χ1) is 12.0. The van der Waals surface area contributed by atoms with Crippen LogP contribution in [-0.2, 0) is 11.3 Å². The van der Waals surface area contributed by atoms with Gasteiger partial charge in [0.2, 0.25) is 11.9 Å². The zero-order valence-corrected chi connectivity index (χ0v) is 16.0. The summed E-state index contributed by atoms with van der Waals surface area (Å²) in [6.07, 6.45) is 0. The van der Waals surface area contributed by atoms with E-state index in [0.717, 1.165) is 29.9 Å². The summed E-state index contributed by atoms with van der Waals surface area (Å²) in [5.74, 6) is 1.39. The molecule has 2 aromatic rings. The molecule has 0 spiro atoms. The fraction of sp³-hybridized carbons (Fsp3) is 0.500. The van der Waals surface area contributed by atoms with E-state index in [1.165, 1.54) is 11.8 Å². The molecular formula is C18H25N5OS. The second kappa shape index (κ2) is 7.47. The molecule has 0 fully saturated rings. The van der Waals surface area contributed by atoms with Crippen LogP contribution in [0.3, 0.4) is 0 Å². The van der Waals surface area contributed by atoms with Gasteiger partial charge in [-0.1, -0.05) is 30.0 Å². The number of carbonyl (C=O) groups excluding carboxylic acids is 1. The lowest BCUT2D eigenvalue weighted by atomic mass is 10.2. The van der Waals surface area contributed by atoms with Crippen LogP contribution >= 0.6 is 11.8 Å². The Kier molecular flexibility index (Phi) is 5.32. The zero-order chi connectivity index (χ0) is 18.0. The Balaban J connectivity index is 1.69. The van der Waals surface area contributed by atoms with Crippen molar-refractivity contribution in [1.29, 1.82) is 0 Å². The first-order valence-corrected chi connectivity index (χ1v) is 9.67. The molecule has 0 bridgehead atoms. The number of nitrogens with zero attached hydrogens (tertiary/aromatic N) is 5. The van der Waals surface area contributed by atoms with Gasteiger partial charge < -0.3 is 9.80 Å². The number of fused-ring (bicyclic) bond motifs is 1. The van der Waals surface area contributed by atoms with Crippen molar-refractivity contribution >= 4 is 29.3 Å². The van der Waals surface area contributed by atoms with E-state index in [4.69, 9.17) is 0 Å². The lowest BCUT2D eigenvalue weighted by Crippen LogP contribution is -2.43. The molecule has 1 aliphatic rings. The molecule has 25 heavy (non-hydrogen) atoms. The van der Waals surface area contributed by atoms with Gasteiger partial charge in [0, 0.05) is 30.9 Å². The predicted molar refractivity (Wildman–Crippen MR) is 101 cm³/mol. The molecule has 6 nitrogen and oxygen atoms in total. The van der Waals surface area contributed by atoms with E-state index in [1.54, 1.807) is 0 Å². The second-order valence-corrected chi connectivity index (χ2v) is 7.64. The third kappa shape index (κ3) is 3.66. The Labute approximate surface area is 153 Å². The van der Waals surface area contributed by atoms with Gasteiger partial charge in [0.25, 0.3) is 0 Å². The number of thioether (sulfide) groups is 1. The molecule has 0 saturated heterocycles. The third-order valence-electron chi connectivity index (χ3n) is 4.28. The average molecular weight is 359 g/mol. The fourth-order valence-electron chi connectivity index (χ4n) is 3.31. The second-order valence-electron chi connectivity index (χ2n) is 6.70. The molecule has 134 valence electrons. The van der Waals surface area contributed by atoms with E-state index in [9.17, 15) is 4.79 Å². The number of para-hydroxylation sites is 1. The van der Waals surface area contributed by atoms with E-state index >= 15 is 0 Å². The van der Waals surface area contributed by atoms with Crippen LogP contribution in [0, 0.1) is 0 Å². The van der Waals surface area contributed by atoms with E-state index in [1.807, 2.05) is 23.1 Å². The van der Waals surface area contributed by atoms with E-state index < -0.39 is 0 Å². The SMILES string of the molecule is CC(C)N(C(=O)CSc1nnc2n1CCN2c1ccccc1)C(C)C. The number of carbonyl (C=O) groups is 1. The van der Waals surface area contributed by atoms with Crippen LogP contribution in [0.25, 0.3) is 0 Å². The summed E-state index contributed by atoms with van der Waals surface area (Å²) in [6.45, 7) is 9.92. The first kappa shape index (κ1) is 17.8. The monoisotopic (exact) mass is 359 g/mol. The quantitative estimate of drug-likeness (QED) is 0.742. The van der Waals surface area contributed by atoms with Gasteiger partial charge >= 0.3 is 0 Å². The largest absolute Gasteiger partial charge is 0.337 e.